The Morgan fingerprint density at radius 3 is 2.52 bits per heavy atom. The molecule has 114 valence electrons. The van der Waals surface area contributed by atoms with Gasteiger partial charge in [-0.05, 0) is 30.3 Å². The number of rotatable bonds is 4. The fourth-order valence-electron chi connectivity index (χ4n) is 2.04. The highest BCUT2D eigenvalue weighted by molar-refractivity contribution is 9.10. The maximum absolute atomic E-state index is 11.8. The van der Waals surface area contributed by atoms with E-state index < -0.39 is 0 Å². The minimum atomic E-state index is -0.264. The number of hydrogen-bond donors (Lipinski definition) is 1. The monoisotopic (exact) mass is 368 g/mol. The molecule has 2 aromatic carbocycles. The topological polar surface area (TPSA) is 54.6 Å². The van der Waals surface area contributed by atoms with Gasteiger partial charge in [0.25, 0.3) is 5.91 Å². The molecule has 0 unspecified atom stereocenters. The van der Waals surface area contributed by atoms with Gasteiger partial charge in [-0.2, -0.15) is 5.10 Å². The largest absolute Gasteiger partial charge is 0.455 e. The van der Waals surface area contributed by atoms with Gasteiger partial charge in [0.1, 0.15) is 11.5 Å². The first-order chi connectivity index (χ1) is 11.2. The minimum Gasteiger partial charge on any atom is -0.455 e. The second-order valence-electron chi connectivity index (χ2n) is 4.75. The van der Waals surface area contributed by atoms with E-state index in [2.05, 4.69) is 26.5 Å². The van der Waals surface area contributed by atoms with Gasteiger partial charge < -0.3 is 4.42 Å². The number of hydrazone groups is 1. The van der Waals surface area contributed by atoms with Crippen LogP contribution < -0.4 is 5.43 Å². The van der Waals surface area contributed by atoms with Crippen LogP contribution in [0.3, 0.4) is 0 Å². The average Bonchev–Trinajstić information content (AvgIpc) is 3.04. The Hall–Kier alpha value is -2.66. The predicted molar refractivity (Wildman–Crippen MR) is 93.3 cm³/mol. The predicted octanol–water partition coefficient (Wildman–Crippen LogP) is 4.47. The van der Waals surface area contributed by atoms with E-state index >= 15 is 0 Å². The summed E-state index contributed by atoms with van der Waals surface area (Å²) in [5, 5.41) is 3.92. The molecule has 23 heavy (non-hydrogen) atoms. The third-order valence-electron chi connectivity index (χ3n) is 3.16. The van der Waals surface area contributed by atoms with Crippen molar-refractivity contribution in [3.05, 3.63) is 82.5 Å². The van der Waals surface area contributed by atoms with Gasteiger partial charge in [-0.15, -0.1) is 0 Å². The highest BCUT2D eigenvalue weighted by Crippen LogP contribution is 2.28. The second-order valence-corrected chi connectivity index (χ2v) is 5.60. The van der Waals surface area contributed by atoms with Crippen molar-refractivity contribution in [3.8, 4) is 11.3 Å². The molecular weight excluding hydrogens is 356 g/mol. The first kappa shape index (κ1) is 15.2. The lowest BCUT2D eigenvalue weighted by Gasteiger charge is -1.99. The van der Waals surface area contributed by atoms with E-state index in [0.29, 0.717) is 11.3 Å². The fourth-order valence-corrected chi connectivity index (χ4v) is 2.52. The van der Waals surface area contributed by atoms with Gasteiger partial charge in [-0.1, -0.05) is 52.3 Å². The summed E-state index contributed by atoms with van der Waals surface area (Å²) in [6, 6.07) is 20.4. The van der Waals surface area contributed by atoms with Crippen LogP contribution in [0.2, 0.25) is 0 Å². The molecular formula is C18H13BrN2O2. The van der Waals surface area contributed by atoms with Crippen LogP contribution in [-0.4, -0.2) is 12.1 Å². The number of hydrogen-bond acceptors (Lipinski definition) is 3. The number of nitrogens with one attached hydrogen (secondary N) is 1. The summed E-state index contributed by atoms with van der Waals surface area (Å²) in [4.78, 5) is 11.8. The molecule has 1 N–H and O–H groups in total. The third kappa shape index (κ3) is 3.76. The molecule has 1 amide bonds. The molecule has 0 bridgehead atoms. The molecule has 0 saturated carbocycles. The Morgan fingerprint density at radius 1 is 1.00 bits per heavy atom. The van der Waals surface area contributed by atoms with Gasteiger partial charge in [0.2, 0.25) is 0 Å². The van der Waals surface area contributed by atoms with E-state index in [0.717, 1.165) is 15.8 Å². The molecule has 3 rings (SSSR count). The Balaban J connectivity index is 1.68. The number of amides is 1. The van der Waals surface area contributed by atoms with Crippen LogP contribution in [0, 0.1) is 0 Å². The Labute approximate surface area is 142 Å². The molecule has 0 saturated heterocycles. The van der Waals surface area contributed by atoms with E-state index in [4.69, 9.17) is 4.42 Å². The van der Waals surface area contributed by atoms with Crippen molar-refractivity contribution in [1.82, 2.24) is 5.43 Å². The van der Waals surface area contributed by atoms with Crippen LogP contribution in [0.25, 0.3) is 11.3 Å². The SMILES string of the molecule is O=C(N/N=C/c1ccc(-c2ccccc2Br)o1)c1ccccc1. The highest BCUT2D eigenvalue weighted by Gasteiger charge is 2.07. The van der Waals surface area contributed by atoms with Crippen molar-refractivity contribution >= 4 is 28.1 Å². The molecule has 5 heteroatoms. The van der Waals surface area contributed by atoms with E-state index in [1.807, 2.05) is 36.4 Å². The summed E-state index contributed by atoms with van der Waals surface area (Å²) in [7, 11) is 0. The summed E-state index contributed by atoms with van der Waals surface area (Å²) in [6.07, 6.45) is 1.47. The standard InChI is InChI=1S/C18H13BrN2O2/c19-16-9-5-4-8-15(16)17-11-10-14(23-17)12-20-21-18(22)13-6-2-1-3-7-13/h1-12H,(H,21,22)/b20-12+. The lowest BCUT2D eigenvalue weighted by Crippen LogP contribution is -2.17. The van der Waals surface area contributed by atoms with Crippen LogP contribution >= 0.6 is 15.9 Å². The first-order valence-electron chi connectivity index (χ1n) is 6.97. The summed E-state index contributed by atoms with van der Waals surface area (Å²) in [5.74, 6) is 1.02. The lowest BCUT2D eigenvalue weighted by atomic mass is 10.2. The Kier molecular flexibility index (Phi) is 4.68. The highest BCUT2D eigenvalue weighted by atomic mass is 79.9. The van der Waals surface area contributed by atoms with E-state index in [-0.39, 0.29) is 5.91 Å². The lowest BCUT2D eigenvalue weighted by molar-refractivity contribution is 0.0955. The zero-order chi connectivity index (χ0) is 16.1. The van der Waals surface area contributed by atoms with Gasteiger partial charge in [0.15, 0.2) is 0 Å². The molecule has 0 radical (unpaired) electrons. The summed E-state index contributed by atoms with van der Waals surface area (Å²) >= 11 is 3.49. The van der Waals surface area contributed by atoms with Crippen molar-refractivity contribution in [2.45, 2.75) is 0 Å². The normalized spacial score (nSPS) is 10.8. The molecule has 0 aliphatic rings. The zero-order valence-corrected chi connectivity index (χ0v) is 13.7. The molecule has 0 spiro atoms. The minimum absolute atomic E-state index is 0.264. The molecule has 4 nitrogen and oxygen atoms in total. The second kappa shape index (κ2) is 7.07. The maximum atomic E-state index is 11.8. The van der Waals surface area contributed by atoms with E-state index in [1.165, 1.54) is 6.21 Å². The third-order valence-corrected chi connectivity index (χ3v) is 3.85. The van der Waals surface area contributed by atoms with Gasteiger partial charge in [0.05, 0.1) is 6.21 Å². The summed E-state index contributed by atoms with van der Waals surface area (Å²) < 4.78 is 6.66. The molecule has 3 aromatic rings. The smallest absolute Gasteiger partial charge is 0.271 e. The van der Waals surface area contributed by atoms with Crippen LogP contribution in [-0.2, 0) is 0 Å². The van der Waals surface area contributed by atoms with Crippen LogP contribution in [0.1, 0.15) is 16.1 Å². The van der Waals surface area contributed by atoms with Crippen LogP contribution in [0.15, 0.2) is 80.7 Å². The molecule has 1 aromatic heterocycles. The Bertz CT molecular complexity index is 841. The van der Waals surface area contributed by atoms with Gasteiger partial charge in [-0.3, -0.25) is 4.79 Å². The quantitative estimate of drug-likeness (QED) is 0.545. The number of halogens is 1. The van der Waals surface area contributed by atoms with Crippen molar-refractivity contribution in [2.75, 3.05) is 0 Å². The van der Waals surface area contributed by atoms with Crippen molar-refractivity contribution in [2.24, 2.45) is 5.10 Å². The maximum Gasteiger partial charge on any atom is 0.271 e. The number of benzene rings is 2. The van der Waals surface area contributed by atoms with Crippen molar-refractivity contribution < 1.29 is 9.21 Å². The number of nitrogens with zero attached hydrogens (tertiary/aromatic N) is 1. The zero-order valence-electron chi connectivity index (χ0n) is 12.1. The van der Waals surface area contributed by atoms with E-state index in [1.54, 1.807) is 30.3 Å². The van der Waals surface area contributed by atoms with Gasteiger partial charge >= 0.3 is 0 Å². The van der Waals surface area contributed by atoms with E-state index in [9.17, 15) is 4.79 Å². The Morgan fingerprint density at radius 2 is 1.74 bits per heavy atom. The fraction of sp³-hybridized carbons (Fsp3) is 0. The molecule has 1 heterocycles. The van der Waals surface area contributed by atoms with Crippen LogP contribution in [0.4, 0.5) is 0 Å². The summed E-state index contributed by atoms with van der Waals surface area (Å²) in [6.45, 7) is 0. The molecule has 0 aliphatic carbocycles. The molecule has 0 atom stereocenters. The summed E-state index contributed by atoms with van der Waals surface area (Å²) in [5.41, 5.74) is 3.98. The number of furan rings is 1. The number of carbonyl (C=O) groups excluding carboxylic acids is 1. The van der Waals surface area contributed by atoms with Crippen molar-refractivity contribution in [1.29, 1.82) is 0 Å². The molecule has 0 fully saturated rings. The average molecular weight is 369 g/mol. The van der Waals surface area contributed by atoms with Gasteiger partial charge in [-0.25, -0.2) is 5.43 Å². The first-order valence-corrected chi connectivity index (χ1v) is 7.76. The van der Waals surface area contributed by atoms with Crippen LogP contribution in [0.5, 0.6) is 0 Å². The number of carbonyl (C=O) groups is 1. The van der Waals surface area contributed by atoms with Crippen molar-refractivity contribution in [3.63, 3.8) is 0 Å². The van der Waals surface area contributed by atoms with Gasteiger partial charge in [0, 0.05) is 15.6 Å². The molecule has 0 aliphatic heterocycles.